The first-order chi connectivity index (χ1) is 12.1. The summed E-state index contributed by atoms with van der Waals surface area (Å²) >= 11 is 0. The highest BCUT2D eigenvalue weighted by Gasteiger charge is 2.17. The van der Waals surface area contributed by atoms with Crippen LogP contribution in [-0.2, 0) is 11.3 Å². The molecule has 4 N–H and O–H groups in total. The Morgan fingerprint density at radius 2 is 1.92 bits per heavy atom. The van der Waals surface area contributed by atoms with E-state index in [1.807, 2.05) is 0 Å². The number of nitrogens with one attached hydrogen (secondary N) is 2. The molecule has 8 heteroatoms. The molecule has 0 aliphatic heterocycles. The summed E-state index contributed by atoms with van der Waals surface area (Å²) in [7, 11) is 0. The summed E-state index contributed by atoms with van der Waals surface area (Å²) in [5, 5.41) is 9.88. The molecule has 1 aliphatic carbocycles. The van der Waals surface area contributed by atoms with Crippen molar-refractivity contribution in [3.63, 3.8) is 0 Å². The first-order valence-corrected chi connectivity index (χ1v) is 8.59. The Labute approximate surface area is 158 Å². The van der Waals surface area contributed by atoms with E-state index in [2.05, 4.69) is 15.7 Å². The van der Waals surface area contributed by atoms with Gasteiger partial charge in [0.1, 0.15) is 6.54 Å². The molecule has 0 radical (unpaired) electrons. The van der Waals surface area contributed by atoms with Gasteiger partial charge in [-0.3, -0.25) is 14.3 Å². The van der Waals surface area contributed by atoms with Crippen LogP contribution in [0.5, 0.6) is 0 Å². The minimum Gasteiger partial charge on any atom is -0.397 e. The van der Waals surface area contributed by atoms with Crippen molar-refractivity contribution in [1.29, 1.82) is 0 Å². The van der Waals surface area contributed by atoms with Gasteiger partial charge in [-0.25, -0.2) is 0 Å². The van der Waals surface area contributed by atoms with Crippen molar-refractivity contribution in [2.24, 2.45) is 0 Å². The van der Waals surface area contributed by atoms with Crippen LogP contribution >= 0.6 is 12.4 Å². The number of hydrogen-bond donors (Lipinski definition) is 3. The van der Waals surface area contributed by atoms with Gasteiger partial charge in [0.05, 0.1) is 23.1 Å². The normalized spacial score (nSPS) is 14.3. The fraction of sp³-hybridized carbons (Fsp3) is 0.389. The lowest BCUT2D eigenvalue weighted by atomic mass is 9.95. The van der Waals surface area contributed by atoms with Gasteiger partial charge in [-0.15, -0.1) is 12.4 Å². The zero-order valence-corrected chi connectivity index (χ0v) is 15.3. The number of carbonyl (C=O) groups is 2. The Balaban J connectivity index is 0.00000243. The number of nitrogens with two attached hydrogens (primary N) is 1. The van der Waals surface area contributed by atoms with Crippen LogP contribution in [0.15, 0.2) is 36.7 Å². The smallest absolute Gasteiger partial charge is 0.258 e. The van der Waals surface area contributed by atoms with Crippen molar-refractivity contribution in [3.8, 4) is 0 Å². The van der Waals surface area contributed by atoms with Gasteiger partial charge in [0, 0.05) is 12.2 Å². The number of para-hydroxylation sites is 2. The Morgan fingerprint density at radius 1 is 1.19 bits per heavy atom. The molecule has 1 saturated carbocycles. The molecule has 1 heterocycles. The largest absolute Gasteiger partial charge is 0.397 e. The minimum absolute atomic E-state index is 0. The molecular formula is C18H24ClN5O2. The number of carbonyl (C=O) groups excluding carboxylic acids is 2. The molecule has 2 amide bonds. The van der Waals surface area contributed by atoms with E-state index in [1.165, 1.54) is 30.1 Å². The van der Waals surface area contributed by atoms with Crippen LogP contribution in [0.25, 0.3) is 0 Å². The molecule has 0 bridgehead atoms. The van der Waals surface area contributed by atoms with E-state index in [4.69, 9.17) is 5.73 Å². The van der Waals surface area contributed by atoms with Gasteiger partial charge in [-0.05, 0) is 25.0 Å². The molecular weight excluding hydrogens is 354 g/mol. The molecule has 1 fully saturated rings. The summed E-state index contributed by atoms with van der Waals surface area (Å²) in [5.41, 5.74) is 7.25. The first kappa shape index (κ1) is 19.8. The summed E-state index contributed by atoms with van der Waals surface area (Å²) in [4.78, 5) is 24.4. The lowest BCUT2D eigenvalue weighted by Gasteiger charge is -2.22. The van der Waals surface area contributed by atoms with Crippen LogP contribution in [0.4, 0.5) is 11.4 Å². The van der Waals surface area contributed by atoms with Crippen molar-refractivity contribution < 1.29 is 9.59 Å². The Hall–Kier alpha value is -2.54. The fourth-order valence-corrected chi connectivity index (χ4v) is 3.04. The van der Waals surface area contributed by atoms with Crippen molar-refractivity contribution in [2.45, 2.75) is 44.7 Å². The molecule has 0 atom stereocenters. The average Bonchev–Trinajstić information content (AvgIpc) is 3.06. The number of nitrogens with zero attached hydrogens (tertiary/aromatic N) is 2. The van der Waals surface area contributed by atoms with Crippen LogP contribution in [0.2, 0.25) is 0 Å². The van der Waals surface area contributed by atoms with E-state index in [-0.39, 0.29) is 36.8 Å². The summed E-state index contributed by atoms with van der Waals surface area (Å²) in [6.45, 7) is 0.108. The maximum atomic E-state index is 12.3. The number of halogens is 1. The summed E-state index contributed by atoms with van der Waals surface area (Å²) < 4.78 is 1.47. The maximum absolute atomic E-state index is 12.3. The molecule has 0 spiro atoms. The Morgan fingerprint density at radius 3 is 2.65 bits per heavy atom. The first-order valence-electron chi connectivity index (χ1n) is 8.59. The highest BCUT2D eigenvalue weighted by Crippen LogP contribution is 2.18. The highest BCUT2D eigenvalue weighted by molar-refractivity contribution is 6.05. The quantitative estimate of drug-likeness (QED) is 0.697. The molecule has 2 aromatic rings. The van der Waals surface area contributed by atoms with Crippen LogP contribution in [-0.4, -0.2) is 27.6 Å². The van der Waals surface area contributed by atoms with Gasteiger partial charge < -0.3 is 16.4 Å². The number of amides is 2. The topological polar surface area (TPSA) is 102 Å². The molecule has 140 valence electrons. The highest BCUT2D eigenvalue weighted by atomic mass is 35.5. The second-order valence-electron chi connectivity index (χ2n) is 6.37. The average molecular weight is 378 g/mol. The van der Waals surface area contributed by atoms with E-state index >= 15 is 0 Å². The van der Waals surface area contributed by atoms with Gasteiger partial charge >= 0.3 is 0 Å². The molecule has 7 nitrogen and oxygen atoms in total. The SMILES string of the molecule is Cl.Nc1ccccc1NC(=O)c1cnn(CC(=O)NC2CCCCC2)c1. The molecule has 0 saturated heterocycles. The lowest BCUT2D eigenvalue weighted by molar-refractivity contribution is -0.122. The van der Waals surface area contributed by atoms with E-state index in [0.29, 0.717) is 16.9 Å². The van der Waals surface area contributed by atoms with Gasteiger partial charge in [0.15, 0.2) is 0 Å². The number of rotatable bonds is 5. The molecule has 0 unspecified atom stereocenters. The Bertz CT molecular complexity index is 756. The third-order valence-corrected chi connectivity index (χ3v) is 4.38. The van der Waals surface area contributed by atoms with Crippen molar-refractivity contribution in [3.05, 3.63) is 42.2 Å². The van der Waals surface area contributed by atoms with Crippen molar-refractivity contribution in [1.82, 2.24) is 15.1 Å². The van der Waals surface area contributed by atoms with E-state index in [9.17, 15) is 9.59 Å². The van der Waals surface area contributed by atoms with E-state index < -0.39 is 0 Å². The predicted octanol–water partition coefficient (Wildman–Crippen LogP) is 2.59. The number of hydrogen-bond acceptors (Lipinski definition) is 4. The molecule has 1 aromatic heterocycles. The van der Waals surface area contributed by atoms with Crippen LogP contribution in [0.3, 0.4) is 0 Å². The molecule has 1 aliphatic rings. The van der Waals surface area contributed by atoms with Crippen LogP contribution < -0.4 is 16.4 Å². The third kappa shape index (κ3) is 5.23. The van der Waals surface area contributed by atoms with Gasteiger partial charge in [-0.2, -0.15) is 5.10 Å². The van der Waals surface area contributed by atoms with Crippen LogP contribution in [0, 0.1) is 0 Å². The molecule has 26 heavy (non-hydrogen) atoms. The van der Waals surface area contributed by atoms with Crippen molar-refractivity contribution >= 4 is 35.6 Å². The standard InChI is InChI=1S/C18H23N5O2.ClH/c19-15-8-4-5-9-16(15)22-18(25)13-10-20-23(11-13)12-17(24)21-14-6-2-1-3-7-14;/h4-5,8-11,14H,1-3,6-7,12,19H2,(H,21,24)(H,22,25);1H. The number of nitrogen functional groups attached to an aromatic ring is 1. The minimum atomic E-state index is -0.308. The van der Waals surface area contributed by atoms with Crippen LogP contribution in [0.1, 0.15) is 42.5 Å². The second kappa shape index (κ2) is 9.24. The lowest BCUT2D eigenvalue weighted by Crippen LogP contribution is -2.38. The van der Waals surface area contributed by atoms with Crippen molar-refractivity contribution in [2.75, 3.05) is 11.1 Å². The van der Waals surface area contributed by atoms with E-state index in [1.54, 1.807) is 30.5 Å². The number of anilines is 2. The zero-order chi connectivity index (χ0) is 17.6. The van der Waals surface area contributed by atoms with E-state index in [0.717, 1.165) is 12.8 Å². The third-order valence-electron chi connectivity index (χ3n) is 4.38. The number of benzene rings is 1. The van der Waals surface area contributed by atoms with Gasteiger partial charge in [-0.1, -0.05) is 31.4 Å². The van der Waals surface area contributed by atoms with Gasteiger partial charge in [0.2, 0.25) is 5.91 Å². The predicted molar refractivity (Wildman–Crippen MR) is 103 cm³/mol. The summed E-state index contributed by atoms with van der Waals surface area (Å²) in [6, 6.07) is 7.31. The summed E-state index contributed by atoms with van der Waals surface area (Å²) in [6.07, 6.45) is 8.67. The van der Waals surface area contributed by atoms with Gasteiger partial charge in [0.25, 0.3) is 5.91 Å². The maximum Gasteiger partial charge on any atom is 0.258 e. The summed E-state index contributed by atoms with van der Waals surface area (Å²) in [5.74, 6) is -0.383. The monoisotopic (exact) mass is 377 g/mol. The Kier molecular flexibility index (Phi) is 7.03. The molecule has 3 rings (SSSR count). The zero-order valence-electron chi connectivity index (χ0n) is 14.5. The second-order valence-corrected chi connectivity index (χ2v) is 6.37. The molecule has 1 aromatic carbocycles. The fourth-order valence-electron chi connectivity index (χ4n) is 3.04. The number of aromatic nitrogens is 2.